The lowest BCUT2D eigenvalue weighted by Crippen LogP contribution is -2.40. The average molecular weight is 145 g/mol. The first-order chi connectivity index (χ1) is 4.81. The second kappa shape index (κ2) is 6.35. The van der Waals surface area contributed by atoms with Crippen molar-refractivity contribution >= 4 is 6.03 Å². The van der Waals surface area contributed by atoms with Crippen molar-refractivity contribution < 1.29 is 4.79 Å². The molecule has 0 heterocycles. The van der Waals surface area contributed by atoms with Crippen molar-refractivity contribution in [3.8, 4) is 0 Å². The number of hydrogen-bond acceptors (Lipinski definition) is 2. The van der Waals surface area contributed by atoms with Crippen LogP contribution in [0.4, 0.5) is 4.79 Å². The van der Waals surface area contributed by atoms with Crippen LogP contribution in [-0.2, 0) is 0 Å². The number of nitrogens with two attached hydrogens (primary N) is 1. The number of unbranched alkanes of at least 4 members (excludes halogenated alkanes) is 2. The van der Waals surface area contributed by atoms with Gasteiger partial charge in [0.15, 0.2) is 0 Å². The summed E-state index contributed by atoms with van der Waals surface area (Å²) in [6.07, 6.45) is 3.32. The zero-order chi connectivity index (χ0) is 7.82. The number of amides is 2. The van der Waals surface area contributed by atoms with E-state index in [1.807, 2.05) is 5.43 Å². The lowest BCUT2D eigenvalue weighted by Gasteiger charge is -2.01. The molecule has 0 saturated carbocycles. The van der Waals surface area contributed by atoms with Crippen LogP contribution in [0.15, 0.2) is 0 Å². The lowest BCUT2D eigenvalue weighted by molar-refractivity contribution is 0.241. The van der Waals surface area contributed by atoms with Gasteiger partial charge in [-0.25, -0.2) is 10.6 Å². The molecule has 0 saturated heterocycles. The summed E-state index contributed by atoms with van der Waals surface area (Å²) in [4.78, 5) is 10.4. The van der Waals surface area contributed by atoms with Crippen molar-refractivity contribution in [1.29, 1.82) is 0 Å². The van der Waals surface area contributed by atoms with E-state index in [4.69, 9.17) is 5.84 Å². The average Bonchev–Trinajstić information content (AvgIpc) is 1.98. The van der Waals surface area contributed by atoms with E-state index >= 15 is 0 Å². The molecule has 0 bridgehead atoms. The summed E-state index contributed by atoms with van der Waals surface area (Å²) in [6.45, 7) is 2.82. The fourth-order valence-electron chi connectivity index (χ4n) is 0.628. The highest BCUT2D eigenvalue weighted by Crippen LogP contribution is 1.90. The molecule has 10 heavy (non-hydrogen) atoms. The Morgan fingerprint density at radius 2 is 2.20 bits per heavy atom. The molecule has 0 atom stereocenters. The molecule has 0 spiro atoms. The number of hydrazine groups is 1. The van der Waals surface area contributed by atoms with Crippen molar-refractivity contribution in [2.24, 2.45) is 5.84 Å². The maximum absolute atomic E-state index is 10.4. The number of urea groups is 1. The lowest BCUT2D eigenvalue weighted by atomic mass is 10.2. The number of rotatable bonds is 4. The molecule has 4 nitrogen and oxygen atoms in total. The van der Waals surface area contributed by atoms with E-state index in [0.717, 1.165) is 19.3 Å². The maximum Gasteiger partial charge on any atom is 0.328 e. The van der Waals surface area contributed by atoms with Gasteiger partial charge in [0.1, 0.15) is 0 Å². The fourth-order valence-corrected chi connectivity index (χ4v) is 0.628. The molecule has 0 rings (SSSR count). The second-order valence-corrected chi connectivity index (χ2v) is 2.11. The molecule has 4 N–H and O–H groups in total. The number of carbonyl (C=O) groups is 1. The minimum absolute atomic E-state index is 0.309. The van der Waals surface area contributed by atoms with Gasteiger partial charge in [0, 0.05) is 6.54 Å². The minimum atomic E-state index is -0.309. The van der Waals surface area contributed by atoms with Gasteiger partial charge in [-0.2, -0.15) is 0 Å². The van der Waals surface area contributed by atoms with Crippen molar-refractivity contribution in [2.45, 2.75) is 26.2 Å². The largest absolute Gasteiger partial charge is 0.337 e. The first-order valence-electron chi connectivity index (χ1n) is 3.55. The van der Waals surface area contributed by atoms with E-state index in [2.05, 4.69) is 12.2 Å². The highest BCUT2D eigenvalue weighted by molar-refractivity contribution is 5.72. The van der Waals surface area contributed by atoms with E-state index in [1.165, 1.54) is 0 Å². The summed E-state index contributed by atoms with van der Waals surface area (Å²) in [5.41, 5.74) is 1.99. The molecule has 0 aliphatic rings. The standard InChI is InChI=1S/C6H15N3O/c1-2-3-4-5-8-6(10)9-7/h2-5,7H2,1H3,(H2,8,9,10). The van der Waals surface area contributed by atoms with Crippen LogP contribution in [0, 0.1) is 0 Å². The van der Waals surface area contributed by atoms with Crippen molar-refractivity contribution in [3.05, 3.63) is 0 Å². The summed E-state index contributed by atoms with van der Waals surface area (Å²) in [7, 11) is 0. The van der Waals surface area contributed by atoms with E-state index < -0.39 is 0 Å². The molecule has 0 aromatic heterocycles. The summed E-state index contributed by atoms with van der Waals surface area (Å²) < 4.78 is 0. The predicted molar refractivity (Wildman–Crippen MR) is 40.2 cm³/mol. The van der Waals surface area contributed by atoms with Gasteiger partial charge in [0.25, 0.3) is 0 Å². The van der Waals surface area contributed by atoms with Crippen LogP contribution >= 0.6 is 0 Å². The van der Waals surface area contributed by atoms with Crippen LogP contribution in [0.25, 0.3) is 0 Å². The van der Waals surface area contributed by atoms with E-state index in [0.29, 0.717) is 6.54 Å². The van der Waals surface area contributed by atoms with Crippen molar-refractivity contribution in [2.75, 3.05) is 6.54 Å². The summed E-state index contributed by atoms with van der Waals surface area (Å²) in [5, 5.41) is 2.59. The van der Waals surface area contributed by atoms with E-state index in [9.17, 15) is 4.79 Å². The summed E-state index contributed by atoms with van der Waals surface area (Å²) in [5.74, 6) is 4.82. The Balaban J connectivity index is 2.96. The number of hydrogen-bond donors (Lipinski definition) is 3. The molecule has 0 aliphatic heterocycles. The normalized spacial score (nSPS) is 9.00. The number of nitrogens with one attached hydrogen (secondary N) is 2. The molecule has 0 aromatic rings. The molecule has 4 heteroatoms. The van der Waals surface area contributed by atoms with Crippen molar-refractivity contribution in [1.82, 2.24) is 10.7 Å². The SMILES string of the molecule is CCCCCNC(=O)NN. The van der Waals surface area contributed by atoms with Gasteiger partial charge in [-0.3, -0.25) is 5.43 Å². The quantitative estimate of drug-likeness (QED) is 0.231. The van der Waals surface area contributed by atoms with Crippen LogP contribution < -0.4 is 16.6 Å². The minimum Gasteiger partial charge on any atom is -0.337 e. The molecule has 0 aromatic carbocycles. The smallest absolute Gasteiger partial charge is 0.328 e. The number of carbonyl (C=O) groups excluding carboxylic acids is 1. The Morgan fingerprint density at radius 1 is 1.50 bits per heavy atom. The highest BCUT2D eigenvalue weighted by Gasteiger charge is 1.92. The summed E-state index contributed by atoms with van der Waals surface area (Å²) >= 11 is 0. The van der Waals surface area contributed by atoms with Gasteiger partial charge < -0.3 is 5.32 Å². The fraction of sp³-hybridized carbons (Fsp3) is 0.833. The molecular formula is C6H15N3O. The Hall–Kier alpha value is -0.770. The van der Waals surface area contributed by atoms with Gasteiger partial charge in [-0.15, -0.1) is 0 Å². The topological polar surface area (TPSA) is 67.2 Å². The Bertz CT molecular complexity index is 95.0. The molecule has 2 amide bonds. The van der Waals surface area contributed by atoms with Crippen LogP contribution in [0.2, 0.25) is 0 Å². The van der Waals surface area contributed by atoms with Gasteiger partial charge in [-0.05, 0) is 6.42 Å². The third-order valence-corrected chi connectivity index (χ3v) is 1.20. The first-order valence-corrected chi connectivity index (χ1v) is 3.55. The summed E-state index contributed by atoms with van der Waals surface area (Å²) in [6, 6.07) is -0.309. The Labute approximate surface area is 61.1 Å². The van der Waals surface area contributed by atoms with Crippen LogP contribution in [0.3, 0.4) is 0 Å². The molecular weight excluding hydrogens is 130 g/mol. The van der Waals surface area contributed by atoms with Crippen LogP contribution in [0.1, 0.15) is 26.2 Å². The Kier molecular flexibility index (Phi) is 5.86. The third kappa shape index (κ3) is 5.37. The van der Waals surface area contributed by atoms with Crippen molar-refractivity contribution in [3.63, 3.8) is 0 Å². The molecule has 0 radical (unpaired) electrons. The second-order valence-electron chi connectivity index (χ2n) is 2.11. The van der Waals surface area contributed by atoms with Gasteiger partial charge >= 0.3 is 6.03 Å². The molecule has 0 fully saturated rings. The molecule has 0 aliphatic carbocycles. The molecule has 0 unspecified atom stereocenters. The third-order valence-electron chi connectivity index (χ3n) is 1.20. The van der Waals surface area contributed by atoms with Crippen LogP contribution in [-0.4, -0.2) is 12.6 Å². The van der Waals surface area contributed by atoms with Gasteiger partial charge in [0.05, 0.1) is 0 Å². The van der Waals surface area contributed by atoms with Crippen LogP contribution in [0.5, 0.6) is 0 Å². The Morgan fingerprint density at radius 3 is 2.70 bits per heavy atom. The van der Waals surface area contributed by atoms with E-state index in [-0.39, 0.29) is 6.03 Å². The maximum atomic E-state index is 10.4. The van der Waals surface area contributed by atoms with Gasteiger partial charge in [0.2, 0.25) is 0 Å². The first kappa shape index (κ1) is 9.23. The zero-order valence-corrected chi connectivity index (χ0v) is 6.31. The monoisotopic (exact) mass is 145 g/mol. The van der Waals surface area contributed by atoms with Gasteiger partial charge in [-0.1, -0.05) is 19.8 Å². The zero-order valence-electron chi connectivity index (χ0n) is 6.31. The highest BCUT2D eigenvalue weighted by atomic mass is 16.2. The van der Waals surface area contributed by atoms with E-state index in [1.54, 1.807) is 0 Å². The molecule has 60 valence electrons. The predicted octanol–water partition coefficient (Wildman–Crippen LogP) is 0.350.